The van der Waals surface area contributed by atoms with Crippen molar-refractivity contribution in [3.8, 4) is 0 Å². The molecule has 1 aliphatic rings. The van der Waals surface area contributed by atoms with Crippen molar-refractivity contribution in [2.24, 2.45) is 5.41 Å². The first-order chi connectivity index (χ1) is 10.9. The van der Waals surface area contributed by atoms with Gasteiger partial charge in [-0.25, -0.2) is 4.98 Å². The number of fused-ring (bicyclic) bond motifs is 1. The third kappa shape index (κ3) is 3.32. The summed E-state index contributed by atoms with van der Waals surface area (Å²) in [5, 5.41) is 1.04. The zero-order chi connectivity index (χ0) is 16.6. The molecule has 2 aromatic rings. The van der Waals surface area contributed by atoms with Gasteiger partial charge in [0.25, 0.3) is 0 Å². The summed E-state index contributed by atoms with van der Waals surface area (Å²) < 4.78 is 1.16. The Morgan fingerprint density at radius 2 is 2.22 bits per heavy atom. The smallest absolute Gasteiger partial charge is 0.227 e. The molecule has 1 unspecified atom stereocenters. The minimum atomic E-state index is -0.335. The molecule has 1 amide bonds. The maximum atomic E-state index is 12.5. The Kier molecular flexibility index (Phi) is 4.27. The van der Waals surface area contributed by atoms with E-state index in [0.717, 1.165) is 41.3 Å². The second kappa shape index (κ2) is 6.07. The monoisotopic (exact) mass is 332 g/mol. The SMILES string of the molecule is CN(C(=O)C(C)(C)C)C1CCCN(c2nc3cnccc3s2)C1. The van der Waals surface area contributed by atoms with Gasteiger partial charge in [0.15, 0.2) is 5.13 Å². The number of hydrogen-bond donors (Lipinski definition) is 0. The van der Waals surface area contributed by atoms with E-state index in [1.54, 1.807) is 17.5 Å². The van der Waals surface area contributed by atoms with Gasteiger partial charge >= 0.3 is 0 Å². The second-order valence-corrected chi connectivity index (χ2v) is 8.26. The minimum absolute atomic E-state index is 0.206. The van der Waals surface area contributed by atoms with Crippen LogP contribution in [0.3, 0.4) is 0 Å². The second-order valence-electron chi connectivity index (χ2n) is 7.25. The highest BCUT2D eigenvalue weighted by Crippen LogP contribution is 2.31. The number of anilines is 1. The Balaban J connectivity index is 1.76. The molecule has 5 nitrogen and oxygen atoms in total. The molecule has 2 aromatic heterocycles. The van der Waals surface area contributed by atoms with Crippen LogP contribution in [-0.4, -0.2) is 47.0 Å². The zero-order valence-electron chi connectivity index (χ0n) is 14.2. The van der Waals surface area contributed by atoms with Crippen LogP contribution in [-0.2, 0) is 4.79 Å². The molecule has 1 atom stereocenters. The number of amides is 1. The Morgan fingerprint density at radius 3 is 2.91 bits per heavy atom. The lowest BCUT2D eigenvalue weighted by Gasteiger charge is -2.39. The maximum Gasteiger partial charge on any atom is 0.227 e. The quantitative estimate of drug-likeness (QED) is 0.847. The van der Waals surface area contributed by atoms with Gasteiger partial charge in [0.1, 0.15) is 5.52 Å². The van der Waals surface area contributed by atoms with Gasteiger partial charge in [-0.15, -0.1) is 0 Å². The lowest BCUT2D eigenvalue weighted by molar-refractivity contribution is -0.140. The van der Waals surface area contributed by atoms with Crippen molar-refractivity contribution < 1.29 is 4.79 Å². The highest BCUT2D eigenvalue weighted by atomic mass is 32.1. The molecule has 0 saturated carbocycles. The number of thiazole rings is 1. The number of carbonyl (C=O) groups is 1. The molecule has 1 saturated heterocycles. The average molecular weight is 332 g/mol. The van der Waals surface area contributed by atoms with Crippen molar-refractivity contribution in [2.45, 2.75) is 39.7 Å². The number of aromatic nitrogens is 2. The topological polar surface area (TPSA) is 49.3 Å². The Bertz CT molecular complexity index is 673. The fraction of sp³-hybridized carbons (Fsp3) is 0.588. The summed E-state index contributed by atoms with van der Waals surface area (Å²) in [5.41, 5.74) is 0.618. The van der Waals surface area contributed by atoms with Gasteiger partial charge in [-0.1, -0.05) is 32.1 Å². The summed E-state index contributed by atoms with van der Waals surface area (Å²) in [5.74, 6) is 0.206. The molecule has 23 heavy (non-hydrogen) atoms. The third-order valence-electron chi connectivity index (χ3n) is 4.36. The molecule has 124 valence electrons. The van der Waals surface area contributed by atoms with E-state index >= 15 is 0 Å². The van der Waals surface area contributed by atoms with Crippen LogP contribution in [0, 0.1) is 5.41 Å². The lowest BCUT2D eigenvalue weighted by atomic mass is 9.93. The molecular formula is C17H24N4OS. The third-order valence-corrected chi connectivity index (χ3v) is 5.45. The Labute approximate surface area is 141 Å². The van der Waals surface area contributed by atoms with Gasteiger partial charge in [-0.05, 0) is 18.9 Å². The van der Waals surface area contributed by atoms with Crippen LogP contribution in [0.25, 0.3) is 10.2 Å². The fourth-order valence-corrected chi connectivity index (χ4v) is 4.01. The largest absolute Gasteiger partial charge is 0.346 e. The molecule has 1 aliphatic heterocycles. The van der Waals surface area contributed by atoms with E-state index in [4.69, 9.17) is 4.98 Å². The first-order valence-corrected chi connectivity index (χ1v) is 8.90. The van der Waals surface area contributed by atoms with Gasteiger partial charge in [0.05, 0.1) is 10.9 Å². The number of pyridine rings is 1. The summed E-state index contributed by atoms with van der Waals surface area (Å²) >= 11 is 1.70. The first kappa shape index (κ1) is 16.2. The van der Waals surface area contributed by atoms with Crippen LogP contribution >= 0.6 is 11.3 Å². The summed E-state index contributed by atoms with van der Waals surface area (Å²) in [7, 11) is 1.93. The molecule has 0 radical (unpaired) electrons. The van der Waals surface area contributed by atoms with E-state index in [1.807, 2.05) is 45.0 Å². The maximum absolute atomic E-state index is 12.5. The highest BCUT2D eigenvalue weighted by Gasteiger charge is 2.32. The van der Waals surface area contributed by atoms with E-state index < -0.39 is 0 Å². The highest BCUT2D eigenvalue weighted by molar-refractivity contribution is 7.22. The number of hydrogen-bond acceptors (Lipinski definition) is 5. The lowest BCUT2D eigenvalue weighted by Crippen LogP contribution is -2.51. The molecule has 3 heterocycles. The molecule has 1 fully saturated rings. The van der Waals surface area contributed by atoms with Crippen molar-refractivity contribution in [1.82, 2.24) is 14.9 Å². The standard InChI is InChI=1S/C17H24N4OS/c1-17(2,3)15(22)20(4)12-6-5-9-21(11-12)16-19-13-10-18-8-7-14(13)23-16/h7-8,10,12H,5-6,9,11H2,1-4H3. The molecule has 0 aliphatic carbocycles. The van der Waals surface area contributed by atoms with E-state index in [1.165, 1.54) is 0 Å². The molecule has 3 rings (SSSR count). The van der Waals surface area contributed by atoms with E-state index in [9.17, 15) is 4.79 Å². The van der Waals surface area contributed by atoms with Gasteiger partial charge in [0, 0.05) is 37.8 Å². The number of likely N-dealkylation sites (N-methyl/N-ethyl adjacent to an activating group) is 1. The van der Waals surface area contributed by atoms with Crippen molar-refractivity contribution >= 4 is 32.6 Å². The van der Waals surface area contributed by atoms with Crippen LogP contribution in [0.4, 0.5) is 5.13 Å². The predicted molar refractivity (Wildman–Crippen MR) is 94.9 cm³/mol. The van der Waals surface area contributed by atoms with Gasteiger partial charge in [0.2, 0.25) is 5.91 Å². The fourth-order valence-electron chi connectivity index (χ4n) is 3.04. The van der Waals surface area contributed by atoms with Gasteiger partial charge in [-0.3, -0.25) is 9.78 Å². The van der Waals surface area contributed by atoms with E-state index in [0.29, 0.717) is 0 Å². The molecule has 0 bridgehead atoms. The molecule has 0 spiro atoms. The zero-order valence-corrected chi connectivity index (χ0v) is 15.1. The number of carbonyl (C=O) groups excluding carboxylic acids is 1. The molecular weight excluding hydrogens is 308 g/mol. The average Bonchev–Trinajstić information content (AvgIpc) is 2.97. The van der Waals surface area contributed by atoms with Crippen LogP contribution in [0.2, 0.25) is 0 Å². The van der Waals surface area contributed by atoms with Crippen molar-refractivity contribution in [3.63, 3.8) is 0 Å². The predicted octanol–water partition coefficient (Wildman–Crippen LogP) is 3.16. The Morgan fingerprint density at radius 1 is 1.43 bits per heavy atom. The van der Waals surface area contributed by atoms with Crippen LogP contribution in [0.1, 0.15) is 33.6 Å². The summed E-state index contributed by atoms with van der Waals surface area (Å²) in [6.07, 6.45) is 5.76. The van der Waals surface area contributed by atoms with Crippen LogP contribution in [0.5, 0.6) is 0 Å². The number of piperidine rings is 1. The van der Waals surface area contributed by atoms with Crippen LogP contribution in [0.15, 0.2) is 18.5 Å². The van der Waals surface area contributed by atoms with E-state index in [-0.39, 0.29) is 17.4 Å². The molecule has 0 aromatic carbocycles. The first-order valence-electron chi connectivity index (χ1n) is 8.09. The normalized spacial score (nSPS) is 19.1. The molecule has 6 heteroatoms. The molecule has 0 N–H and O–H groups in total. The van der Waals surface area contributed by atoms with Gasteiger partial charge in [-0.2, -0.15) is 0 Å². The van der Waals surface area contributed by atoms with Gasteiger partial charge < -0.3 is 9.80 Å². The summed E-state index contributed by atoms with van der Waals surface area (Å²) in [6, 6.07) is 2.26. The number of nitrogens with zero attached hydrogens (tertiary/aromatic N) is 4. The number of rotatable bonds is 2. The van der Waals surface area contributed by atoms with E-state index in [2.05, 4.69) is 9.88 Å². The Hall–Kier alpha value is -1.69. The summed E-state index contributed by atoms with van der Waals surface area (Å²) in [4.78, 5) is 25.6. The van der Waals surface area contributed by atoms with Crippen molar-refractivity contribution in [3.05, 3.63) is 18.5 Å². The van der Waals surface area contributed by atoms with Crippen LogP contribution < -0.4 is 4.90 Å². The van der Waals surface area contributed by atoms with Crippen molar-refractivity contribution in [1.29, 1.82) is 0 Å². The minimum Gasteiger partial charge on any atom is -0.346 e. The summed E-state index contributed by atoms with van der Waals surface area (Å²) in [6.45, 7) is 7.79. The van der Waals surface area contributed by atoms with Crippen molar-refractivity contribution in [2.75, 3.05) is 25.0 Å².